The highest BCUT2D eigenvalue weighted by Crippen LogP contribution is 2.22. The second-order valence-electron chi connectivity index (χ2n) is 6.51. The molecule has 1 heterocycles. The maximum atomic E-state index is 12.7. The quantitative estimate of drug-likeness (QED) is 0.853. The number of aliphatic carboxylic acids is 1. The third kappa shape index (κ3) is 3.82. The molecule has 1 unspecified atom stereocenters. The summed E-state index contributed by atoms with van der Waals surface area (Å²) >= 11 is 0. The Hall–Kier alpha value is -2.63. The number of hydrogen-bond acceptors (Lipinski definition) is 3. The fourth-order valence-corrected chi connectivity index (χ4v) is 2.43. The molecule has 6 heteroatoms. The van der Waals surface area contributed by atoms with Gasteiger partial charge in [0, 0.05) is 6.20 Å². The molecule has 0 bridgehead atoms. The van der Waals surface area contributed by atoms with Crippen molar-refractivity contribution in [2.45, 2.75) is 39.7 Å². The maximum Gasteiger partial charge on any atom is 0.305 e. The summed E-state index contributed by atoms with van der Waals surface area (Å²) in [6.07, 6.45) is 1.53. The number of carbonyl (C=O) groups excluding carboxylic acids is 1. The topological polar surface area (TPSA) is 84.2 Å². The summed E-state index contributed by atoms with van der Waals surface area (Å²) in [5.74, 6) is -1.28. The third-order valence-electron chi connectivity index (χ3n) is 4.36. The second-order valence-corrected chi connectivity index (χ2v) is 6.51. The van der Waals surface area contributed by atoms with Gasteiger partial charge in [0.2, 0.25) is 0 Å². The van der Waals surface area contributed by atoms with Crippen molar-refractivity contribution in [3.05, 3.63) is 47.8 Å². The highest BCUT2D eigenvalue weighted by atomic mass is 16.4. The Kier molecular flexibility index (Phi) is 5.07. The molecule has 1 aromatic carbocycles. The number of carboxylic acid groups (broad SMARTS) is 1. The number of amides is 1. The largest absolute Gasteiger partial charge is 0.481 e. The van der Waals surface area contributed by atoms with Gasteiger partial charge in [0.25, 0.3) is 5.91 Å². The predicted molar refractivity (Wildman–Crippen MR) is 91.3 cm³/mol. The van der Waals surface area contributed by atoms with Crippen LogP contribution in [0.1, 0.15) is 43.2 Å². The van der Waals surface area contributed by atoms with Gasteiger partial charge in [-0.3, -0.25) is 9.59 Å². The van der Waals surface area contributed by atoms with Crippen molar-refractivity contribution in [3.8, 4) is 5.69 Å². The van der Waals surface area contributed by atoms with Crippen molar-refractivity contribution < 1.29 is 14.7 Å². The number of para-hydroxylation sites is 1. The number of benzene rings is 1. The van der Waals surface area contributed by atoms with Gasteiger partial charge in [-0.2, -0.15) is 5.10 Å². The Morgan fingerprint density at radius 1 is 1.29 bits per heavy atom. The number of carbonyl (C=O) groups is 2. The van der Waals surface area contributed by atoms with E-state index >= 15 is 0 Å². The van der Waals surface area contributed by atoms with Crippen LogP contribution in [0.25, 0.3) is 5.69 Å². The molecule has 0 radical (unpaired) electrons. The minimum atomic E-state index is -0.941. The summed E-state index contributed by atoms with van der Waals surface area (Å²) in [6, 6.07) is 9.50. The van der Waals surface area contributed by atoms with Gasteiger partial charge >= 0.3 is 5.97 Å². The summed E-state index contributed by atoms with van der Waals surface area (Å²) in [4.78, 5) is 23.8. The number of nitrogens with one attached hydrogen (secondary N) is 1. The molecular weight excluding hydrogens is 306 g/mol. The van der Waals surface area contributed by atoms with Gasteiger partial charge in [0.15, 0.2) is 0 Å². The molecule has 1 amide bonds. The molecule has 24 heavy (non-hydrogen) atoms. The first-order valence-corrected chi connectivity index (χ1v) is 7.89. The van der Waals surface area contributed by atoms with Crippen LogP contribution in [0.5, 0.6) is 0 Å². The van der Waals surface area contributed by atoms with Crippen molar-refractivity contribution in [1.29, 1.82) is 0 Å². The minimum absolute atomic E-state index is 0.0259. The van der Waals surface area contributed by atoms with E-state index in [1.165, 1.54) is 0 Å². The van der Waals surface area contributed by atoms with Gasteiger partial charge in [-0.15, -0.1) is 0 Å². The molecular formula is C18H23N3O3. The maximum absolute atomic E-state index is 12.7. The summed E-state index contributed by atoms with van der Waals surface area (Å²) in [5.41, 5.74) is 1.07. The van der Waals surface area contributed by atoms with E-state index in [9.17, 15) is 9.59 Å². The standard InChI is InChI=1S/C18H23N3O3/c1-12(2)18(4,10-16(22)23)19-17(24)15-11-21(20-13(15)3)14-8-6-5-7-9-14/h5-9,11-12H,10H2,1-4H3,(H,19,24)(H,22,23). The number of carboxylic acids is 1. The first-order valence-electron chi connectivity index (χ1n) is 7.89. The number of hydrogen-bond donors (Lipinski definition) is 2. The average molecular weight is 329 g/mol. The lowest BCUT2D eigenvalue weighted by Gasteiger charge is -2.33. The molecule has 2 rings (SSSR count). The Labute approximate surface area is 141 Å². The van der Waals surface area contributed by atoms with E-state index in [2.05, 4.69) is 10.4 Å². The van der Waals surface area contributed by atoms with Crippen molar-refractivity contribution in [2.75, 3.05) is 0 Å². The molecule has 0 aliphatic rings. The molecule has 1 atom stereocenters. The number of aryl methyl sites for hydroxylation is 1. The van der Waals surface area contributed by atoms with Gasteiger partial charge in [0.1, 0.15) is 0 Å². The third-order valence-corrected chi connectivity index (χ3v) is 4.36. The van der Waals surface area contributed by atoms with E-state index < -0.39 is 11.5 Å². The van der Waals surface area contributed by atoms with Crippen molar-refractivity contribution in [2.24, 2.45) is 5.92 Å². The molecule has 6 nitrogen and oxygen atoms in total. The van der Waals surface area contributed by atoms with Gasteiger partial charge < -0.3 is 10.4 Å². The fraction of sp³-hybridized carbons (Fsp3) is 0.389. The zero-order chi connectivity index (χ0) is 17.9. The molecule has 2 N–H and O–H groups in total. The van der Waals surface area contributed by atoms with Crippen LogP contribution in [0.2, 0.25) is 0 Å². The lowest BCUT2D eigenvalue weighted by Crippen LogP contribution is -2.51. The molecule has 0 aliphatic heterocycles. The van der Waals surface area contributed by atoms with Crippen molar-refractivity contribution in [3.63, 3.8) is 0 Å². The van der Waals surface area contributed by atoms with Crippen molar-refractivity contribution >= 4 is 11.9 Å². The Bertz CT molecular complexity index is 737. The summed E-state index contributed by atoms with van der Waals surface area (Å²) in [7, 11) is 0. The molecule has 0 saturated heterocycles. The van der Waals surface area contributed by atoms with E-state index in [1.807, 2.05) is 44.2 Å². The molecule has 128 valence electrons. The molecule has 1 aromatic heterocycles. The monoisotopic (exact) mass is 329 g/mol. The normalized spacial score (nSPS) is 13.5. The highest BCUT2D eigenvalue weighted by Gasteiger charge is 2.33. The van der Waals surface area contributed by atoms with E-state index in [1.54, 1.807) is 24.7 Å². The molecule has 0 fully saturated rings. The lowest BCUT2D eigenvalue weighted by molar-refractivity contribution is -0.138. The predicted octanol–water partition coefficient (Wildman–Crippen LogP) is 2.80. The van der Waals surface area contributed by atoms with E-state index in [0.29, 0.717) is 11.3 Å². The van der Waals surface area contributed by atoms with Crippen LogP contribution in [0.4, 0.5) is 0 Å². The fourth-order valence-electron chi connectivity index (χ4n) is 2.43. The summed E-state index contributed by atoms with van der Waals surface area (Å²) in [5, 5.41) is 16.4. The summed E-state index contributed by atoms with van der Waals surface area (Å²) in [6.45, 7) is 7.30. The zero-order valence-electron chi connectivity index (χ0n) is 14.4. The van der Waals surface area contributed by atoms with E-state index in [0.717, 1.165) is 5.69 Å². The van der Waals surface area contributed by atoms with E-state index in [-0.39, 0.29) is 18.2 Å². The van der Waals surface area contributed by atoms with Gasteiger partial charge in [-0.25, -0.2) is 4.68 Å². The van der Waals surface area contributed by atoms with Gasteiger partial charge in [-0.05, 0) is 31.9 Å². The van der Waals surface area contributed by atoms with Gasteiger partial charge in [0.05, 0.1) is 28.9 Å². The van der Waals surface area contributed by atoms with Crippen molar-refractivity contribution in [1.82, 2.24) is 15.1 Å². The van der Waals surface area contributed by atoms with Crippen LogP contribution in [0.3, 0.4) is 0 Å². The average Bonchev–Trinajstić information content (AvgIpc) is 2.89. The van der Waals surface area contributed by atoms with Gasteiger partial charge in [-0.1, -0.05) is 32.0 Å². The smallest absolute Gasteiger partial charge is 0.305 e. The van der Waals surface area contributed by atoms with Crippen LogP contribution in [0, 0.1) is 12.8 Å². The zero-order valence-corrected chi connectivity index (χ0v) is 14.4. The Balaban J connectivity index is 2.27. The lowest BCUT2D eigenvalue weighted by atomic mass is 9.85. The molecule has 0 spiro atoms. The van der Waals surface area contributed by atoms with Crippen LogP contribution in [-0.2, 0) is 4.79 Å². The van der Waals surface area contributed by atoms with Crippen LogP contribution in [-0.4, -0.2) is 32.3 Å². The first kappa shape index (κ1) is 17.7. The van der Waals surface area contributed by atoms with Crippen LogP contribution < -0.4 is 5.32 Å². The highest BCUT2D eigenvalue weighted by molar-refractivity contribution is 5.95. The number of rotatable bonds is 6. The first-order chi connectivity index (χ1) is 11.2. The number of nitrogens with zero attached hydrogens (tertiary/aromatic N) is 2. The number of aromatic nitrogens is 2. The molecule has 2 aromatic rings. The Morgan fingerprint density at radius 3 is 2.46 bits per heavy atom. The van der Waals surface area contributed by atoms with E-state index in [4.69, 9.17) is 5.11 Å². The van der Waals surface area contributed by atoms with Crippen LogP contribution in [0.15, 0.2) is 36.5 Å². The minimum Gasteiger partial charge on any atom is -0.481 e. The SMILES string of the molecule is Cc1nn(-c2ccccc2)cc1C(=O)NC(C)(CC(=O)O)C(C)C. The molecule has 0 aliphatic carbocycles. The Morgan fingerprint density at radius 2 is 1.92 bits per heavy atom. The van der Waals surface area contributed by atoms with Crippen LogP contribution >= 0.6 is 0 Å². The second kappa shape index (κ2) is 6.86. The summed E-state index contributed by atoms with van der Waals surface area (Å²) < 4.78 is 1.65. The molecule has 0 saturated carbocycles.